The first kappa shape index (κ1) is 18.8. The molecule has 2 amide bonds. The van der Waals surface area contributed by atoms with Crippen LogP contribution < -0.4 is 10.6 Å². The van der Waals surface area contributed by atoms with Gasteiger partial charge in [0, 0.05) is 17.4 Å². The van der Waals surface area contributed by atoms with Gasteiger partial charge in [-0.1, -0.05) is 37.6 Å². The maximum atomic E-state index is 12.7. The number of nitrogens with zero attached hydrogens (tertiary/aromatic N) is 1. The van der Waals surface area contributed by atoms with Crippen molar-refractivity contribution < 1.29 is 9.59 Å². The molecule has 1 aromatic heterocycles. The lowest BCUT2D eigenvalue weighted by molar-refractivity contribution is -0.118. The first-order valence-electron chi connectivity index (χ1n) is 9.07. The van der Waals surface area contributed by atoms with Crippen LogP contribution in [0.1, 0.15) is 38.1 Å². The summed E-state index contributed by atoms with van der Waals surface area (Å²) in [6, 6.07) is 12.3. The van der Waals surface area contributed by atoms with Gasteiger partial charge in [0.15, 0.2) is 0 Å². The molecule has 0 spiro atoms. The molecule has 0 bridgehead atoms. The molecule has 1 fully saturated rings. The molecule has 0 aliphatic heterocycles. The second-order valence-electron chi connectivity index (χ2n) is 7.81. The second-order valence-corrected chi connectivity index (χ2v) is 7.81. The Balaban J connectivity index is 1.68. The van der Waals surface area contributed by atoms with Crippen molar-refractivity contribution in [2.24, 2.45) is 17.3 Å². The largest absolute Gasteiger partial charge is 0.326 e. The zero-order valence-electron chi connectivity index (χ0n) is 16.1. The summed E-state index contributed by atoms with van der Waals surface area (Å²) < 4.78 is 0. The fraction of sp³-hybridized carbons (Fsp3) is 0.318. The molecule has 5 nitrogen and oxygen atoms in total. The van der Waals surface area contributed by atoms with Crippen LogP contribution in [0.2, 0.25) is 0 Å². The Labute approximate surface area is 159 Å². The molecule has 1 saturated carbocycles. The van der Waals surface area contributed by atoms with Crippen LogP contribution in [0.5, 0.6) is 0 Å². The van der Waals surface area contributed by atoms with Gasteiger partial charge in [0.1, 0.15) is 5.82 Å². The van der Waals surface area contributed by atoms with Crippen molar-refractivity contribution in [2.45, 2.75) is 27.7 Å². The Morgan fingerprint density at radius 3 is 2.52 bits per heavy atom. The lowest BCUT2D eigenvalue weighted by Crippen LogP contribution is -2.18. The predicted molar refractivity (Wildman–Crippen MR) is 107 cm³/mol. The Kier molecular flexibility index (Phi) is 5.13. The highest BCUT2D eigenvalue weighted by Crippen LogP contribution is 2.59. The van der Waals surface area contributed by atoms with Crippen LogP contribution in [0, 0.1) is 17.3 Å². The molecule has 1 aliphatic carbocycles. The SMILES string of the molecule is CC(C)=CC1C(C(=O)Nc2cccc(C(=O)Nc3ccccn3)c2)C1(C)C. The predicted octanol–water partition coefficient (Wildman–Crippen LogP) is 4.51. The van der Waals surface area contributed by atoms with E-state index in [4.69, 9.17) is 0 Å². The second kappa shape index (κ2) is 7.35. The third-order valence-corrected chi connectivity index (χ3v) is 5.00. The summed E-state index contributed by atoms with van der Waals surface area (Å²) in [7, 11) is 0. The molecule has 2 N–H and O–H groups in total. The van der Waals surface area contributed by atoms with E-state index < -0.39 is 0 Å². The van der Waals surface area contributed by atoms with E-state index >= 15 is 0 Å². The summed E-state index contributed by atoms with van der Waals surface area (Å²) in [5.74, 6) is 0.404. The van der Waals surface area contributed by atoms with Gasteiger partial charge in [-0.05, 0) is 55.5 Å². The Hall–Kier alpha value is -2.95. The molecule has 1 heterocycles. The summed E-state index contributed by atoms with van der Waals surface area (Å²) in [6.45, 7) is 8.32. The number of anilines is 2. The third kappa shape index (κ3) is 4.25. The number of allylic oxidation sites excluding steroid dienone is 2. The van der Waals surface area contributed by atoms with Crippen LogP contribution in [0.25, 0.3) is 0 Å². The van der Waals surface area contributed by atoms with E-state index in [9.17, 15) is 9.59 Å². The minimum atomic E-state index is -0.265. The fourth-order valence-corrected chi connectivity index (χ4v) is 3.43. The fourth-order valence-electron chi connectivity index (χ4n) is 3.43. The molecule has 2 atom stereocenters. The number of hydrogen-bond donors (Lipinski definition) is 2. The van der Waals surface area contributed by atoms with Crippen molar-refractivity contribution in [3.05, 3.63) is 65.9 Å². The van der Waals surface area contributed by atoms with Gasteiger partial charge < -0.3 is 10.6 Å². The maximum absolute atomic E-state index is 12.7. The van der Waals surface area contributed by atoms with Crippen molar-refractivity contribution in [3.8, 4) is 0 Å². The first-order valence-corrected chi connectivity index (χ1v) is 9.07. The molecule has 0 saturated heterocycles. The van der Waals surface area contributed by atoms with E-state index in [-0.39, 0.29) is 29.1 Å². The standard InChI is InChI=1S/C22H25N3O2/c1-14(2)12-17-19(22(17,3)4)21(27)24-16-9-7-8-15(13-16)20(26)25-18-10-5-6-11-23-18/h5-13,17,19H,1-4H3,(H,24,27)(H,23,25,26). The zero-order valence-corrected chi connectivity index (χ0v) is 16.1. The van der Waals surface area contributed by atoms with Crippen LogP contribution in [0.4, 0.5) is 11.5 Å². The number of pyridine rings is 1. The number of hydrogen-bond acceptors (Lipinski definition) is 3. The summed E-state index contributed by atoms with van der Waals surface area (Å²) in [6.07, 6.45) is 3.79. The molecule has 140 valence electrons. The molecule has 2 unspecified atom stereocenters. The Bertz CT molecular complexity index is 883. The van der Waals surface area contributed by atoms with Crippen molar-refractivity contribution >= 4 is 23.3 Å². The van der Waals surface area contributed by atoms with Crippen LogP contribution >= 0.6 is 0 Å². The monoisotopic (exact) mass is 363 g/mol. The average molecular weight is 363 g/mol. The van der Waals surface area contributed by atoms with E-state index in [0.29, 0.717) is 17.1 Å². The number of nitrogens with one attached hydrogen (secondary N) is 2. The smallest absolute Gasteiger partial charge is 0.256 e. The van der Waals surface area contributed by atoms with Crippen molar-refractivity contribution in [1.82, 2.24) is 4.98 Å². The van der Waals surface area contributed by atoms with Crippen molar-refractivity contribution in [1.29, 1.82) is 0 Å². The summed E-state index contributed by atoms with van der Waals surface area (Å²) >= 11 is 0. The van der Waals surface area contributed by atoms with Gasteiger partial charge in [-0.3, -0.25) is 9.59 Å². The number of benzene rings is 1. The van der Waals surface area contributed by atoms with Gasteiger partial charge in [-0.15, -0.1) is 0 Å². The van der Waals surface area contributed by atoms with Crippen LogP contribution in [0.15, 0.2) is 60.3 Å². The summed E-state index contributed by atoms with van der Waals surface area (Å²) in [5.41, 5.74) is 2.26. The van der Waals surface area contributed by atoms with E-state index in [1.54, 1.807) is 48.7 Å². The number of amides is 2. The quantitative estimate of drug-likeness (QED) is 0.768. The minimum Gasteiger partial charge on any atom is -0.326 e. The van der Waals surface area contributed by atoms with E-state index in [2.05, 4.69) is 35.5 Å². The lowest BCUT2D eigenvalue weighted by atomic mass is 10.1. The lowest BCUT2D eigenvalue weighted by Gasteiger charge is -2.09. The number of carbonyl (C=O) groups is 2. The molecular formula is C22H25N3O2. The van der Waals surface area contributed by atoms with E-state index in [1.807, 2.05) is 13.8 Å². The average Bonchev–Trinajstić information content (AvgIpc) is 3.15. The maximum Gasteiger partial charge on any atom is 0.256 e. The number of carbonyl (C=O) groups excluding carboxylic acids is 2. The normalized spacial score (nSPS) is 19.7. The number of aromatic nitrogens is 1. The Morgan fingerprint density at radius 2 is 1.85 bits per heavy atom. The summed E-state index contributed by atoms with van der Waals surface area (Å²) in [4.78, 5) is 29.2. The van der Waals surface area contributed by atoms with Crippen molar-refractivity contribution in [2.75, 3.05) is 10.6 Å². The topological polar surface area (TPSA) is 71.1 Å². The van der Waals surface area contributed by atoms with E-state index in [1.165, 1.54) is 5.57 Å². The van der Waals surface area contributed by atoms with Gasteiger partial charge in [0.25, 0.3) is 5.91 Å². The molecule has 1 aromatic carbocycles. The molecular weight excluding hydrogens is 338 g/mol. The van der Waals surface area contributed by atoms with Gasteiger partial charge in [0.2, 0.25) is 5.91 Å². The van der Waals surface area contributed by atoms with Crippen molar-refractivity contribution in [3.63, 3.8) is 0 Å². The molecule has 3 rings (SSSR count). The molecule has 1 aliphatic rings. The highest BCUT2D eigenvalue weighted by Gasteiger charge is 2.60. The van der Waals surface area contributed by atoms with Gasteiger partial charge in [-0.2, -0.15) is 0 Å². The third-order valence-electron chi connectivity index (χ3n) is 5.00. The molecule has 2 aromatic rings. The first-order chi connectivity index (χ1) is 12.8. The van der Waals surface area contributed by atoms with Crippen LogP contribution in [-0.2, 0) is 4.79 Å². The van der Waals surface area contributed by atoms with Crippen LogP contribution in [-0.4, -0.2) is 16.8 Å². The van der Waals surface area contributed by atoms with Crippen LogP contribution in [0.3, 0.4) is 0 Å². The van der Waals surface area contributed by atoms with Gasteiger partial charge in [0.05, 0.1) is 5.92 Å². The highest BCUT2D eigenvalue weighted by atomic mass is 16.2. The highest BCUT2D eigenvalue weighted by molar-refractivity contribution is 6.05. The van der Waals surface area contributed by atoms with E-state index in [0.717, 1.165) is 0 Å². The van der Waals surface area contributed by atoms with Gasteiger partial charge >= 0.3 is 0 Å². The molecule has 0 radical (unpaired) electrons. The zero-order chi connectivity index (χ0) is 19.6. The Morgan fingerprint density at radius 1 is 1.07 bits per heavy atom. The molecule has 5 heteroatoms. The summed E-state index contributed by atoms with van der Waals surface area (Å²) in [5, 5.41) is 5.70. The minimum absolute atomic E-state index is 0.00946. The molecule has 27 heavy (non-hydrogen) atoms. The van der Waals surface area contributed by atoms with Gasteiger partial charge in [-0.25, -0.2) is 4.98 Å². The number of rotatable bonds is 5.